The number of hydrogen-bond donors (Lipinski definition) is 0. The van der Waals surface area contributed by atoms with E-state index >= 15 is 0 Å². The van der Waals surface area contributed by atoms with Gasteiger partial charge < -0.3 is 18.9 Å². The van der Waals surface area contributed by atoms with E-state index in [1.807, 2.05) is 18.2 Å². The van der Waals surface area contributed by atoms with Gasteiger partial charge in [-0.25, -0.2) is 4.57 Å². The molecule has 0 radical (unpaired) electrons. The summed E-state index contributed by atoms with van der Waals surface area (Å²) >= 11 is 0. The lowest BCUT2D eigenvalue weighted by Crippen LogP contribution is -2.32. The van der Waals surface area contributed by atoms with Crippen LogP contribution in [0.3, 0.4) is 0 Å². The first kappa shape index (κ1) is 19.4. The van der Waals surface area contributed by atoms with E-state index in [1.165, 1.54) is 5.69 Å². The van der Waals surface area contributed by atoms with Crippen LogP contribution >= 0.6 is 0 Å². The van der Waals surface area contributed by atoms with Gasteiger partial charge in [-0.05, 0) is 34.4 Å². The molecule has 1 aliphatic heterocycles. The number of benzene rings is 3. The van der Waals surface area contributed by atoms with E-state index in [9.17, 15) is 4.79 Å². The summed E-state index contributed by atoms with van der Waals surface area (Å²) in [4.78, 5) is 11.8. The number of rotatable bonds is 5. The Balaban J connectivity index is 2.10. The molecule has 0 aliphatic carbocycles. The number of fused-ring (bicyclic) bond motifs is 7. The van der Waals surface area contributed by atoms with Gasteiger partial charge in [0, 0.05) is 29.7 Å². The van der Waals surface area contributed by atoms with E-state index in [1.54, 1.807) is 28.4 Å². The molecule has 0 atom stereocenters. The van der Waals surface area contributed by atoms with Gasteiger partial charge in [0.15, 0.2) is 29.7 Å². The van der Waals surface area contributed by atoms with Gasteiger partial charge in [-0.1, -0.05) is 0 Å². The molecule has 0 bridgehead atoms. The third-order valence-corrected chi connectivity index (χ3v) is 6.26. The lowest BCUT2D eigenvalue weighted by Gasteiger charge is -2.19. The second kappa shape index (κ2) is 7.30. The third kappa shape index (κ3) is 2.71. The first-order valence-electron chi connectivity index (χ1n) is 10.2. The molecule has 0 fully saturated rings. The minimum atomic E-state index is 0.487. The van der Waals surface area contributed by atoms with Crippen molar-refractivity contribution < 1.29 is 28.3 Å². The Morgan fingerprint density at radius 1 is 0.774 bits per heavy atom. The summed E-state index contributed by atoms with van der Waals surface area (Å²) in [5.74, 6) is 2.26. The third-order valence-electron chi connectivity index (χ3n) is 6.26. The standard InChI is InChI=1S/C25H24NO5/c1-28-21-10-17-18(8-14(21)13-27)23-19(11-22(29-2)24(30-3)25(23)31-4)16-9-15-6-5-7-26(15)12-20(16)17/h8-13H,5-7H2,1-4H3/q+1. The smallest absolute Gasteiger partial charge is 0.203 e. The summed E-state index contributed by atoms with van der Waals surface area (Å²) in [7, 11) is 6.42. The predicted octanol–water partition coefficient (Wildman–Crippen LogP) is 4.23. The second-order valence-corrected chi connectivity index (χ2v) is 7.71. The van der Waals surface area contributed by atoms with E-state index in [0.29, 0.717) is 28.6 Å². The Morgan fingerprint density at radius 3 is 2.13 bits per heavy atom. The van der Waals surface area contributed by atoms with Crippen LogP contribution in [-0.2, 0) is 13.0 Å². The van der Waals surface area contributed by atoms with Gasteiger partial charge in [-0.3, -0.25) is 4.79 Å². The molecule has 0 unspecified atom stereocenters. The van der Waals surface area contributed by atoms with Gasteiger partial charge in [0.1, 0.15) is 12.3 Å². The van der Waals surface area contributed by atoms with E-state index in [4.69, 9.17) is 18.9 Å². The Bertz CT molecular complexity index is 1380. The van der Waals surface area contributed by atoms with Crippen LogP contribution in [0, 0.1) is 0 Å². The molecule has 1 aromatic heterocycles. The van der Waals surface area contributed by atoms with Crippen molar-refractivity contribution in [1.29, 1.82) is 0 Å². The maximum absolute atomic E-state index is 11.8. The summed E-state index contributed by atoms with van der Waals surface area (Å²) in [5, 5.41) is 5.99. The highest BCUT2D eigenvalue weighted by molar-refractivity contribution is 6.28. The fourth-order valence-electron chi connectivity index (χ4n) is 4.86. The summed E-state index contributed by atoms with van der Waals surface area (Å²) in [6, 6.07) is 8.07. The fourth-order valence-corrected chi connectivity index (χ4v) is 4.86. The van der Waals surface area contributed by atoms with Crippen molar-refractivity contribution in [2.75, 3.05) is 28.4 Å². The SMILES string of the molecule is COc1cc2c3c[n+]4c(cc3c3cc(OC)c(OC)c(OC)c3c2cc1C=O)CCC4. The van der Waals surface area contributed by atoms with Crippen molar-refractivity contribution in [3.8, 4) is 23.0 Å². The van der Waals surface area contributed by atoms with Crippen LogP contribution in [0.4, 0.5) is 0 Å². The monoisotopic (exact) mass is 418 g/mol. The fraction of sp³-hybridized carbons (Fsp3) is 0.280. The van der Waals surface area contributed by atoms with Crippen LogP contribution in [0.15, 0.2) is 30.5 Å². The number of aldehydes is 1. The van der Waals surface area contributed by atoms with Crippen LogP contribution in [-0.4, -0.2) is 34.7 Å². The zero-order valence-electron chi connectivity index (χ0n) is 18.1. The average Bonchev–Trinajstić information content (AvgIpc) is 3.28. The maximum Gasteiger partial charge on any atom is 0.203 e. The Labute approximate surface area is 179 Å². The van der Waals surface area contributed by atoms with Crippen molar-refractivity contribution in [3.05, 3.63) is 41.7 Å². The molecule has 5 rings (SSSR count). The van der Waals surface area contributed by atoms with Crippen LogP contribution < -0.4 is 23.5 Å². The Morgan fingerprint density at radius 2 is 1.45 bits per heavy atom. The van der Waals surface area contributed by atoms with Crippen LogP contribution in [0.25, 0.3) is 32.3 Å². The van der Waals surface area contributed by atoms with Crippen molar-refractivity contribution >= 4 is 38.6 Å². The molecule has 2 heterocycles. The Kier molecular flexibility index (Phi) is 4.58. The quantitative estimate of drug-likeness (QED) is 0.276. The van der Waals surface area contributed by atoms with Crippen LogP contribution in [0.5, 0.6) is 23.0 Å². The van der Waals surface area contributed by atoms with E-state index in [0.717, 1.165) is 58.0 Å². The van der Waals surface area contributed by atoms with E-state index < -0.39 is 0 Å². The summed E-state index contributed by atoms with van der Waals surface area (Å²) in [6.45, 7) is 1.00. The van der Waals surface area contributed by atoms with Crippen LogP contribution in [0.2, 0.25) is 0 Å². The van der Waals surface area contributed by atoms with E-state index in [-0.39, 0.29) is 0 Å². The van der Waals surface area contributed by atoms with Gasteiger partial charge in [-0.15, -0.1) is 0 Å². The number of ether oxygens (including phenoxy) is 4. The molecular weight excluding hydrogens is 394 g/mol. The molecule has 1 aliphatic rings. The second-order valence-electron chi connectivity index (χ2n) is 7.71. The molecular formula is C25H24NO5+. The summed E-state index contributed by atoms with van der Waals surface area (Å²) < 4.78 is 25.0. The summed E-state index contributed by atoms with van der Waals surface area (Å²) in [6.07, 6.45) is 5.21. The van der Waals surface area contributed by atoms with Gasteiger partial charge in [0.05, 0.1) is 39.4 Å². The van der Waals surface area contributed by atoms with Crippen molar-refractivity contribution in [3.63, 3.8) is 0 Å². The van der Waals surface area contributed by atoms with Gasteiger partial charge in [0.25, 0.3) is 0 Å². The number of aromatic nitrogens is 1. The number of aryl methyl sites for hydroxylation is 2. The van der Waals surface area contributed by atoms with E-state index in [2.05, 4.69) is 16.8 Å². The lowest BCUT2D eigenvalue weighted by atomic mass is 9.92. The number of nitrogens with zero attached hydrogens (tertiary/aromatic N) is 1. The highest BCUT2D eigenvalue weighted by Crippen LogP contribution is 2.49. The molecule has 0 saturated heterocycles. The number of methoxy groups -OCH3 is 4. The molecule has 0 amide bonds. The number of hydrogen-bond acceptors (Lipinski definition) is 5. The number of carbonyl (C=O) groups is 1. The van der Waals surface area contributed by atoms with Gasteiger partial charge in [0.2, 0.25) is 5.75 Å². The largest absolute Gasteiger partial charge is 0.496 e. The highest BCUT2D eigenvalue weighted by Gasteiger charge is 2.26. The number of pyridine rings is 1. The Hall–Kier alpha value is -3.54. The van der Waals surface area contributed by atoms with Crippen LogP contribution in [0.1, 0.15) is 22.5 Å². The number of carbonyl (C=O) groups excluding carboxylic acids is 1. The van der Waals surface area contributed by atoms with Gasteiger partial charge >= 0.3 is 0 Å². The molecule has 3 aromatic carbocycles. The van der Waals surface area contributed by atoms with Crippen molar-refractivity contribution in [1.82, 2.24) is 0 Å². The minimum Gasteiger partial charge on any atom is -0.496 e. The average molecular weight is 418 g/mol. The van der Waals surface area contributed by atoms with Gasteiger partial charge in [-0.2, -0.15) is 0 Å². The van der Waals surface area contributed by atoms with Crippen molar-refractivity contribution in [2.24, 2.45) is 0 Å². The van der Waals surface area contributed by atoms with Crippen molar-refractivity contribution in [2.45, 2.75) is 19.4 Å². The zero-order valence-corrected chi connectivity index (χ0v) is 18.1. The first-order valence-corrected chi connectivity index (χ1v) is 10.2. The first-order chi connectivity index (χ1) is 15.1. The molecule has 158 valence electrons. The summed E-state index contributed by atoms with van der Waals surface area (Å²) in [5.41, 5.74) is 1.79. The lowest BCUT2D eigenvalue weighted by molar-refractivity contribution is -0.689. The molecule has 0 spiro atoms. The topological polar surface area (TPSA) is 57.9 Å². The highest BCUT2D eigenvalue weighted by atomic mass is 16.5. The normalized spacial score (nSPS) is 12.9. The molecule has 4 aromatic rings. The molecule has 6 heteroatoms. The molecule has 0 N–H and O–H groups in total. The predicted molar refractivity (Wildman–Crippen MR) is 119 cm³/mol. The molecule has 6 nitrogen and oxygen atoms in total. The molecule has 0 saturated carbocycles. The minimum absolute atomic E-state index is 0.487. The zero-order chi connectivity index (χ0) is 21.7. The maximum atomic E-state index is 11.8. The molecule has 31 heavy (non-hydrogen) atoms.